The van der Waals surface area contributed by atoms with Gasteiger partial charge in [-0.3, -0.25) is 4.79 Å². The van der Waals surface area contributed by atoms with Gasteiger partial charge in [0.1, 0.15) is 6.10 Å². The number of likely N-dealkylation sites (N-methyl/N-ethyl adjacent to an activating group) is 1. The summed E-state index contributed by atoms with van der Waals surface area (Å²) in [7, 11) is 1.72. The summed E-state index contributed by atoms with van der Waals surface area (Å²) in [6.45, 7) is -0.00289. The number of amides is 1. The minimum atomic E-state index is -1.01. The molecule has 0 bridgehead atoms. The predicted molar refractivity (Wildman–Crippen MR) is 63.6 cm³/mol. The molecule has 0 radical (unpaired) electrons. The van der Waals surface area contributed by atoms with Crippen LogP contribution < -0.4 is 10.6 Å². The fourth-order valence-electron chi connectivity index (χ4n) is 2.03. The van der Waals surface area contributed by atoms with Crippen molar-refractivity contribution in [2.24, 2.45) is 5.73 Å². The van der Waals surface area contributed by atoms with Gasteiger partial charge in [0.2, 0.25) is 5.91 Å². The standard InChI is InChI=1S/C12H16N2O3/c1-14-9-3-2-7(12(17)10(15)6-13)4-8(9)5-11(14)16/h2-4,10,12,15,17H,5-6,13H2,1H3. The van der Waals surface area contributed by atoms with Crippen LogP contribution in [0.2, 0.25) is 0 Å². The van der Waals surface area contributed by atoms with Gasteiger partial charge >= 0.3 is 0 Å². The molecule has 2 rings (SSSR count). The first-order valence-electron chi connectivity index (χ1n) is 5.50. The van der Waals surface area contributed by atoms with Gasteiger partial charge < -0.3 is 20.8 Å². The van der Waals surface area contributed by atoms with Gasteiger partial charge in [0.05, 0.1) is 12.5 Å². The summed E-state index contributed by atoms with van der Waals surface area (Å²) in [6, 6.07) is 5.24. The first kappa shape index (κ1) is 12.0. The number of nitrogens with zero attached hydrogens (tertiary/aromatic N) is 1. The lowest BCUT2D eigenvalue weighted by Crippen LogP contribution is -2.27. The molecular weight excluding hydrogens is 220 g/mol. The van der Waals surface area contributed by atoms with Gasteiger partial charge in [-0.05, 0) is 17.2 Å². The maximum Gasteiger partial charge on any atom is 0.231 e. The lowest BCUT2D eigenvalue weighted by molar-refractivity contribution is -0.117. The number of nitrogens with two attached hydrogens (primary N) is 1. The van der Waals surface area contributed by atoms with Crippen molar-refractivity contribution in [3.63, 3.8) is 0 Å². The highest BCUT2D eigenvalue weighted by molar-refractivity contribution is 6.00. The van der Waals surface area contributed by atoms with E-state index >= 15 is 0 Å². The van der Waals surface area contributed by atoms with E-state index in [9.17, 15) is 15.0 Å². The second kappa shape index (κ2) is 4.44. The Morgan fingerprint density at radius 1 is 1.47 bits per heavy atom. The Bertz CT molecular complexity index is 447. The number of hydrogen-bond acceptors (Lipinski definition) is 4. The molecule has 0 saturated carbocycles. The first-order valence-corrected chi connectivity index (χ1v) is 5.50. The molecule has 1 aliphatic rings. The Hall–Kier alpha value is -1.43. The molecule has 5 nitrogen and oxygen atoms in total. The summed E-state index contributed by atoms with van der Waals surface area (Å²) >= 11 is 0. The Morgan fingerprint density at radius 2 is 2.18 bits per heavy atom. The van der Waals surface area contributed by atoms with E-state index in [0.717, 1.165) is 11.3 Å². The van der Waals surface area contributed by atoms with Crippen LogP contribution in [-0.4, -0.2) is 35.8 Å². The van der Waals surface area contributed by atoms with Crippen LogP contribution in [0.4, 0.5) is 5.69 Å². The lowest BCUT2D eigenvalue weighted by Gasteiger charge is -2.17. The van der Waals surface area contributed by atoms with Crippen molar-refractivity contribution in [2.75, 3.05) is 18.5 Å². The summed E-state index contributed by atoms with van der Waals surface area (Å²) in [5, 5.41) is 19.3. The van der Waals surface area contributed by atoms with E-state index in [-0.39, 0.29) is 12.5 Å². The maximum absolute atomic E-state index is 11.5. The highest BCUT2D eigenvalue weighted by atomic mass is 16.3. The fourth-order valence-corrected chi connectivity index (χ4v) is 2.03. The molecule has 5 heteroatoms. The normalized spacial score (nSPS) is 18.1. The van der Waals surface area contributed by atoms with Gasteiger partial charge in [0, 0.05) is 19.3 Å². The smallest absolute Gasteiger partial charge is 0.231 e. The molecule has 1 aromatic carbocycles. The molecule has 0 saturated heterocycles. The zero-order valence-electron chi connectivity index (χ0n) is 9.63. The summed E-state index contributed by atoms with van der Waals surface area (Å²) in [5.41, 5.74) is 7.61. The van der Waals surface area contributed by atoms with Crippen molar-refractivity contribution >= 4 is 11.6 Å². The van der Waals surface area contributed by atoms with Gasteiger partial charge in [0.15, 0.2) is 0 Å². The van der Waals surface area contributed by atoms with E-state index < -0.39 is 12.2 Å². The third-order valence-electron chi connectivity index (χ3n) is 3.13. The quantitative estimate of drug-likeness (QED) is 0.664. The number of anilines is 1. The Labute approximate surface area is 99.5 Å². The molecule has 4 N–H and O–H groups in total. The van der Waals surface area contributed by atoms with Gasteiger partial charge in [-0.15, -0.1) is 0 Å². The molecule has 1 amide bonds. The predicted octanol–water partition coefficient (Wildman–Crippen LogP) is -0.442. The largest absolute Gasteiger partial charge is 0.389 e. The molecule has 2 atom stereocenters. The maximum atomic E-state index is 11.5. The highest BCUT2D eigenvalue weighted by Gasteiger charge is 2.26. The van der Waals surface area contributed by atoms with Gasteiger partial charge in [-0.1, -0.05) is 12.1 Å². The molecule has 0 spiro atoms. The van der Waals surface area contributed by atoms with E-state index in [1.165, 1.54) is 0 Å². The van der Waals surface area contributed by atoms with Gasteiger partial charge in [-0.25, -0.2) is 0 Å². The zero-order valence-corrected chi connectivity index (χ0v) is 9.63. The zero-order chi connectivity index (χ0) is 12.6. The number of rotatable bonds is 3. The molecule has 0 fully saturated rings. The monoisotopic (exact) mass is 236 g/mol. The number of fused-ring (bicyclic) bond motifs is 1. The number of carbonyl (C=O) groups excluding carboxylic acids is 1. The Kier molecular flexibility index (Phi) is 3.15. The van der Waals surface area contributed by atoms with Crippen LogP contribution in [0.3, 0.4) is 0 Å². The number of carbonyl (C=O) groups is 1. The number of aliphatic hydroxyl groups is 2. The molecule has 0 aromatic heterocycles. The summed E-state index contributed by atoms with van der Waals surface area (Å²) in [6.07, 6.45) is -1.65. The third kappa shape index (κ3) is 2.04. The van der Waals surface area contributed by atoms with E-state index in [2.05, 4.69) is 0 Å². The third-order valence-corrected chi connectivity index (χ3v) is 3.13. The minimum absolute atomic E-state index is 0.00289. The van der Waals surface area contributed by atoms with Crippen molar-refractivity contribution in [3.8, 4) is 0 Å². The Balaban J connectivity index is 2.30. The van der Waals surface area contributed by atoms with Crippen LogP contribution >= 0.6 is 0 Å². The van der Waals surface area contributed by atoms with E-state index in [1.54, 1.807) is 30.1 Å². The van der Waals surface area contributed by atoms with Crippen LogP contribution in [0, 0.1) is 0 Å². The van der Waals surface area contributed by atoms with Crippen LogP contribution in [0.5, 0.6) is 0 Å². The van der Waals surface area contributed by atoms with Gasteiger partial charge in [-0.2, -0.15) is 0 Å². The molecule has 1 heterocycles. The first-order chi connectivity index (χ1) is 8.04. The average Bonchev–Trinajstić information content (AvgIpc) is 2.62. The van der Waals surface area contributed by atoms with Crippen molar-refractivity contribution in [3.05, 3.63) is 29.3 Å². The van der Waals surface area contributed by atoms with E-state index in [1.807, 2.05) is 0 Å². The van der Waals surface area contributed by atoms with Crippen LogP contribution in [-0.2, 0) is 11.2 Å². The van der Waals surface area contributed by atoms with Crippen molar-refractivity contribution in [1.29, 1.82) is 0 Å². The second-order valence-corrected chi connectivity index (χ2v) is 4.27. The van der Waals surface area contributed by atoms with Crippen LogP contribution in [0.25, 0.3) is 0 Å². The molecule has 1 aromatic rings. The SMILES string of the molecule is CN1C(=O)Cc2cc(C(O)C(O)CN)ccc21. The van der Waals surface area contributed by atoms with Crippen LogP contribution in [0.15, 0.2) is 18.2 Å². The Morgan fingerprint density at radius 3 is 2.82 bits per heavy atom. The molecule has 17 heavy (non-hydrogen) atoms. The average molecular weight is 236 g/mol. The second-order valence-electron chi connectivity index (χ2n) is 4.27. The van der Waals surface area contributed by atoms with Crippen molar-refractivity contribution < 1.29 is 15.0 Å². The summed E-state index contributed by atoms with van der Waals surface area (Å²) in [4.78, 5) is 13.1. The molecular formula is C12H16N2O3. The molecule has 1 aliphatic heterocycles. The molecule has 2 unspecified atom stereocenters. The number of aliphatic hydroxyl groups excluding tert-OH is 2. The van der Waals surface area contributed by atoms with Crippen LogP contribution in [0.1, 0.15) is 17.2 Å². The van der Waals surface area contributed by atoms with E-state index in [4.69, 9.17) is 5.73 Å². The summed E-state index contributed by atoms with van der Waals surface area (Å²) in [5.74, 6) is 0.0333. The highest BCUT2D eigenvalue weighted by Crippen LogP contribution is 2.30. The fraction of sp³-hybridized carbons (Fsp3) is 0.417. The summed E-state index contributed by atoms with van der Waals surface area (Å²) < 4.78 is 0. The van der Waals surface area contributed by atoms with Crippen molar-refractivity contribution in [1.82, 2.24) is 0 Å². The number of hydrogen-bond donors (Lipinski definition) is 3. The minimum Gasteiger partial charge on any atom is -0.389 e. The lowest BCUT2D eigenvalue weighted by atomic mass is 10.0. The van der Waals surface area contributed by atoms with E-state index in [0.29, 0.717) is 12.0 Å². The van der Waals surface area contributed by atoms with Gasteiger partial charge in [0.25, 0.3) is 0 Å². The van der Waals surface area contributed by atoms with Crippen molar-refractivity contribution in [2.45, 2.75) is 18.6 Å². The molecule has 92 valence electrons. The topological polar surface area (TPSA) is 86.8 Å². The molecule has 0 aliphatic carbocycles. The number of benzene rings is 1.